The van der Waals surface area contributed by atoms with Gasteiger partial charge in [0.05, 0.1) is 0 Å². The molecule has 0 saturated carbocycles. The highest BCUT2D eigenvalue weighted by molar-refractivity contribution is 14.1. The molecule has 0 amide bonds. The van der Waals surface area contributed by atoms with Crippen LogP contribution in [-0.2, 0) is 0 Å². The molecular formula is C15H12FIO. The van der Waals surface area contributed by atoms with E-state index in [4.69, 9.17) is 0 Å². The number of carbonyl (C=O) groups excluding carboxylic acids is 1. The third-order valence-electron chi connectivity index (χ3n) is 2.80. The van der Waals surface area contributed by atoms with E-state index in [0.29, 0.717) is 14.7 Å². The lowest BCUT2D eigenvalue weighted by molar-refractivity contribution is 0.103. The van der Waals surface area contributed by atoms with Crippen LogP contribution in [0.5, 0.6) is 0 Å². The molecule has 0 aromatic heterocycles. The van der Waals surface area contributed by atoms with E-state index in [0.717, 1.165) is 11.1 Å². The van der Waals surface area contributed by atoms with Gasteiger partial charge in [0.15, 0.2) is 5.78 Å². The van der Waals surface area contributed by atoms with Crippen LogP contribution in [0.15, 0.2) is 36.4 Å². The van der Waals surface area contributed by atoms with Crippen LogP contribution in [0.25, 0.3) is 0 Å². The predicted molar refractivity (Wildman–Crippen MR) is 78.5 cm³/mol. The molecule has 0 unspecified atom stereocenters. The van der Waals surface area contributed by atoms with Crippen molar-refractivity contribution >= 4 is 28.4 Å². The maximum atomic E-state index is 13.0. The monoisotopic (exact) mass is 354 g/mol. The largest absolute Gasteiger partial charge is 0.289 e. The highest BCUT2D eigenvalue weighted by Crippen LogP contribution is 2.20. The zero-order chi connectivity index (χ0) is 13.3. The summed E-state index contributed by atoms with van der Waals surface area (Å²) in [4.78, 5) is 12.4. The van der Waals surface area contributed by atoms with Gasteiger partial charge in [-0.3, -0.25) is 4.79 Å². The Morgan fingerprint density at radius 3 is 2.33 bits per heavy atom. The van der Waals surface area contributed by atoms with Gasteiger partial charge >= 0.3 is 0 Å². The quantitative estimate of drug-likeness (QED) is 0.581. The van der Waals surface area contributed by atoms with Gasteiger partial charge in [0.2, 0.25) is 0 Å². The molecule has 0 aliphatic heterocycles. The second-order valence-corrected chi connectivity index (χ2v) is 5.43. The average Bonchev–Trinajstić information content (AvgIpc) is 2.28. The van der Waals surface area contributed by atoms with E-state index in [-0.39, 0.29) is 11.6 Å². The van der Waals surface area contributed by atoms with Crippen molar-refractivity contribution in [1.82, 2.24) is 0 Å². The summed E-state index contributed by atoms with van der Waals surface area (Å²) in [5.41, 5.74) is 3.28. The van der Waals surface area contributed by atoms with Crippen molar-refractivity contribution in [2.45, 2.75) is 13.8 Å². The number of hydrogen-bond acceptors (Lipinski definition) is 1. The topological polar surface area (TPSA) is 17.1 Å². The van der Waals surface area contributed by atoms with Gasteiger partial charge in [-0.25, -0.2) is 4.39 Å². The predicted octanol–water partition coefficient (Wildman–Crippen LogP) is 4.28. The molecule has 2 rings (SSSR count). The van der Waals surface area contributed by atoms with E-state index in [1.54, 1.807) is 6.07 Å². The molecule has 92 valence electrons. The molecule has 2 aromatic rings. The number of rotatable bonds is 2. The summed E-state index contributed by atoms with van der Waals surface area (Å²) in [7, 11) is 0. The van der Waals surface area contributed by atoms with Crippen LogP contribution in [0.4, 0.5) is 4.39 Å². The first-order chi connectivity index (χ1) is 8.49. The van der Waals surface area contributed by atoms with Crippen LogP contribution in [0.2, 0.25) is 0 Å². The van der Waals surface area contributed by atoms with E-state index in [9.17, 15) is 9.18 Å². The number of carbonyl (C=O) groups is 1. The lowest BCUT2D eigenvalue weighted by atomic mass is 9.98. The Balaban J connectivity index is 2.48. The molecule has 18 heavy (non-hydrogen) atoms. The first kappa shape index (κ1) is 13.2. The lowest BCUT2D eigenvalue weighted by Gasteiger charge is -2.07. The van der Waals surface area contributed by atoms with E-state index >= 15 is 0 Å². The number of hydrogen-bond donors (Lipinski definition) is 0. The van der Waals surface area contributed by atoms with Crippen molar-refractivity contribution in [2.75, 3.05) is 0 Å². The zero-order valence-corrected chi connectivity index (χ0v) is 12.3. The van der Waals surface area contributed by atoms with E-state index in [2.05, 4.69) is 0 Å². The van der Waals surface area contributed by atoms with Gasteiger partial charge in [-0.05, 0) is 60.2 Å². The minimum Gasteiger partial charge on any atom is -0.289 e. The molecular weight excluding hydrogens is 342 g/mol. The van der Waals surface area contributed by atoms with Gasteiger partial charge < -0.3 is 0 Å². The van der Waals surface area contributed by atoms with Gasteiger partial charge in [0.25, 0.3) is 0 Å². The highest BCUT2D eigenvalue weighted by atomic mass is 127. The van der Waals surface area contributed by atoms with Crippen LogP contribution in [0.1, 0.15) is 27.0 Å². The Morgan fingerprint density at radius 2 is 1.72 bits per heavy atom. The van der Waals surface area contributed by atoms with E-state index in [1.807, 2.05) is 54.6 Å². The van der Waals surface area contributed by atoms with Crippen molar-refractivity contribution in [1.29, 1.82) is 0 Å². The normalized spacial score (nSPS) is 10.4. The third-order valence-corrected chi connectivity index (χ3v) is 3.69. The van der Waals surface area contributed by atoms with Gasteiger partial charge in [0.1, 0.15) is 5.82 Å². The number of halogens is 2. The van der Waals surface area contributed by atoms with Gasteiger partial charge in [0, 0.05) is 14.7 Å². The van der Waals surface area contributed by atoms with Crippen LogP contribution in [-0.4, -0.2) is 5.78 Å². The van der Waals surface area contributed by atoms with Crippen LogP contribution >= 0.6 is 22.6 Å². The standard InChI is InChI=1S/C15H12FIO/c1-9-3-5-12(10(2)7-9)15(18)13-6-4-11(16)8-14(13)17/h3-8H,1-2H3. The first-order valence-electron chi connectivity index (χ1n) is 5.56. The number of ketones is 1. The zero-order valence-electron chi connectivity index (χ0n) is 10.1. The number of aryl methyl sites for hydroxylation is 2. The molecule has 0 aliphatic carbocycles. The van der Waals surface area contributed by atoms with Crippen LogP contribution < -0.4 is 0 Å². The Bertz CT molecular complexity index is 566. The van der Waals surface area contributed by atoms with Crippen molar-refractivity contribution in [3.05, 3.63) is 68.0 Å². The molecule has 0 aliphatic rings. The summed E-state index contributed by atoms with van der Waals surface area (Å²) >= 11 is 1.99. The second kappa shape index (κ2) is 5.18. The molecule has 0 heterocycles. The van der Waals surface area contributed by atoms with Crippen molar-refractivity contribution in [3.8, 4) is 0 Å². The van der Waals surface area contributed by atoms with Gasteiger partial charge in [-0.1, -0.05) is 23.8 Å². The molecule has 0 fully saturated rings. The highest BCUT2D eigenvalue weighted by Gasteiger charge is 2.15. The fourth-order valence-electron chi connectivity index (χ4n) is 1.89. The first-order valence-corrected chi connectivity index (χ1v) is 6.64. The fraction of sp³-hybridized carbons (Fsp3) is 0.133. The maximum Gasteiger partial charge on any atom is 0.194 e. The summed E-state index contributed by atoms with van der Waals surface area (Å²) in [6, 6.07) is 9.95. The Hall–Kier alpha value is -1.23. The molecule has 0 atom stereocenters. The molecule has 0 N–H and O–H groups in total. The summed E-state index contributed by atoms with van der Waals surface area (Å²) < 4.78 is 13.7. The fourth-order valence-corrected chi connectivity index (χ4v) is 2.61. The van der Waals surface area contributed by atoms with Crippen molar-refractivity contribution in [3.63, 3.8) is 0 Å². The molecule has 3 heteroatoms. The molecule has 0 radical (unpaired) electrons. The summed E-state index contributed by atoms with van der Waals surface area (Å²) in [6.07, 6.45) is 0. The van der Waals surface area contributed by atoms with Gasteiger partial charge in [-0.15, -0.1) is 0 Å². The molecule has 2 aromatic carbocycles. The summed E-state index contributed by atoms with van der Waals surface area (Å²) in [5.74, 6) is -0.381. The molecule has 0 bridgehead atoms. The molecule has 1 nitrogen and oxygen atoms in total. The number of benzene rings is 2. The van der Waals surface area contributed by atoms with Gasteiger partial charge in [-0.2, -0.15) is 0 Å². The Labute approximate surface area is 119 Å². The summed E-state index contributed by atoms with van der Waals surface area (Å²) in [5, 5.41) is 0. The Morgan fingerprint density at radius 1 is 1.06 bits per heavy atom. The summed E-state index contributed by atoms with van der Waals surface area (Å²) in [6.45, 7) is 3.90. The smallest absolute Gasteiger partial charge is 0.194 e. The minimum absolute atomic E-state index is 0.0584. The van der Waals surface area contributed by atoms with Crippen molar-refractivity contribution < 1.29 is 9.18 Å². The molecule has 0 spiro atoms. The average molecular weight is 354 g/mol. The van der Waals surface area contributed by atoms with E-state index < -0.39 is 0 Å². The van der Waals surface area contributed by atoms with Crippen LogP contribution in [0.3, 0.4) is 0 Å². The van der Waals surface area contributed by atoms with E-state index in [1.165, 1.54) is 12.1 Å². The second-order valence-electron chi connectivity index (χ2n) is 4.27. The Kier molecular flexibility index (Phi) is 3.80. The lowest BCUT2D eigenvalue weighted by Crippen LogP contribution is -2.06. The SMILES string of the molecule is Cc1ccc(C(=O)c2ccc(F)cc2I)c(C)c1. The van der Waals surface area contributed by atoms with Crippen molar-refractivity contribution in [2.24, 2.45) is 0 Å². The third kappa shape index (κ3) is 2.61. The maximum absolute atomic E-state index is 13.0. The molecule has 0 saturated heterocycles. The van der Waals surface area contributed by atoms with Crippen LogP contribution in [0, 0.1) is 23.2 Å². The minimum atomic E-state index is -0.323.